The van der Waals surface area contributed by atoms with Crippen molar-refractivity contribution in [2.45, 2.75) is 6.54 Å². The summed E-state index contributed by atoms with van der Waals surface area (Å²) >= 11 is 0.994. The number of benzene rings is 2. The number of fused-ring (bicyclic) bond motifs is 1. The molecular formula is C17H9FN4O5S. The van der Waals surface area contributed by atoms with Crippen molar-refractivity contribution in [2.75, 3.05) is 0 Å². The molecule has 0 spiro atoms. The van der Waals surface area contributed by atoms with Gasteiger partial charge in [0, 0.05) is 12.1 Å². The molecule has 1 aromatic heterocycles. The highest BCUT2D eigenvalue weighted by Crippen LogP contribution is 2.23. The van der Waals surface area contributed by atoms with E-state index in [0.717, 1.165) is 29.5 Å². The molecule has 9 nitrogen and oxygen atoms in total. The number of hydrogen-bond acceptors (Lipinski definition) is 6. The average Bonchev–Trinajstić information content (AvgIpc) is 2.97. The minimum Gasteiger partial charge on any atom is -0.305 e. The Balaban J connectivity index is 2.18. The monoisotopic (exact) mass is 400 g/mol. The lowest BCUT2D eigenvalue weighted by atomic mass is 10.1. The third-order valence-corrected chi connectivity index (χ3v) is 4.70. The molecule has 0 aliphatic carbocycles. The molecule has 0 aliphatic heterocycles. The third-order valence-electron chi connectivity index (χ3n) is 3.66. The predicted molar refractivity (Wildman–Crippen MR) is 98.3 cm³/mol. The molecule has 1 heterocycles. The average molecular weight is 400 g/mol. The summed E-state index contributed by atoms with van der Waals surface area (Å²) in [5, 5.41) is 22.0. The Labute approximate surface area is 159 Å². The van der Waals surface area contributed by atoms with Gasteiger partial charge < -0.3 is 4.57 Å². The maximum atomic E-state index is 13.5. The minimum atomic E-state index is -0.926. The van der Waals surface area contributed by atoms with E-state index in [1.54, 1.807) is 0 Å². The summed E-state index contributed by atoms with van der Waals surface area (Å²) in [6.45, 7) is 0.0484. The molecule has 11 heteroatoms. The number of nitrogens with zero attached hydrogens (tertiary/aromatic N) is 4. The summed E-state index contributed by atoms with van der Waals surface area (Å²) in [6.07, 6.45) is 5.34. The number of amides is 1. The van der Waals surface area contributed by atoms with Gasteiger partial charge in [-0.3, -0.25) is 25.0 Å². The topological polar surface area (TPSA) is 121 Å². The van der Waals surface area contributed by atoms with Gasteiger partial charge in [0.2, 0.25) is 0 Å². The van der Waals surface area contributed by atoms with Gasteiger partial charge in [0.25, 0.3) is 17.3 Å². The number of halogens is 1. The van der Waals surface area contributed by atoms with E-state index >= 15 is 0 Å². The molecule has 0 radical (unpaired) electrons. The second kappa shape index (κ2) is 7.37. The lowest BCUT2D eigenvalue weighted by molar-refractivity contribution is -0.394. The zero-order valence-corrected chi connectivity index (χ0v) is 14.7. The zero-order chi connectivity index (χ0) is 20.4. The SMILES string of the molecule is C#CCn1c(=NC(=O)c2cc([N+](=O)[O-])cc([N+](=O)[O-])c2)sc2cc(F)ccc21. The Morgan fingerprint density at radius 3 is 2.39 bits per heavy atom. The van der Waals surface area contributed by atoms with E-state index in [9.17, 15) is 29.4 Å². The van der Waals surface area contributed by atoms with Crippen molar-refractivity contribution in [1.82, 2.24) is 4.57 Å². The Bertz CT molecular complexity index is 1220. The molecule has 0 bridgehead atoms. The molecule has 0 unspecified atom stereocenters. The van der Waals surface area contributed by atoms with E-state index in [0.29, 0.717) is 10.2 Å². The first kappa shape index (κ1) is 18.9. The van der Waals surface area contributed by atoms with Crippen molar-refractivity contribution in [3.05, 3.63) is 72.8 Å². The number of nitro groups is 2. The lowest BCUT2D eigenvalue weighted by Crippen LogP contribution is -2.16. The summed E-state index contributed by atoms with van der Waals surface area (Å²) in [5.74, 6) is 1.00. The number of nitro benzene ring substituents is 2. The van der Waals surface area contributed by atoms with E-state index in [4.69, 9.17) is 6.42 Å². The van der Waals surface area contributed by atoms with Gasteiger partial charge in [-0.1, -0.05) is 17.3 Å². The van der Waals surface area contributed by atoms with Crippen molar-refractivity contribution in [3.8, 4) is 12.3 Å². The summed E-state index contributed by atoms with van der Waals surface area (Å²) in [6, 6.07) is 6.53. The van der Waals surface area contributed by atoms with Crippen LogP contribution in [0.1, 0.15) is 10.4 Å². The summed E-state index contributed by atoms with van der Waals surface area (Å²) < 4.78 is 15.5. The number of aromatic nitrogens is 1. The first-order valence-corrected chi connectivity index (χ1v) is 8.37. The standard InChI is InChI=1S/C17H9FN4O5S/c1-2-5-20-14-4-3-11(18)8-15(14)28-17(20)19-16(23)10-6-12(21(24)25)9-13(7-10)22(26)27/h1,3-4,6-9H,5H2. The number of rotatable bonds is 4. The highest BCUT2D eigenvalue weighted by Gasteiger charge is 2.20. The van der Waals surface area contributed by atoms with Crippen LogP contribution in [0.25, 0.3) is 10.2 Å². The van der Waals surface area contributed by atoms with Crippen LogP contribution in [0.4, 0.5) is 15.8 Å². The van der Waals surface area contributed by atoms with Crippen molar-refractivity contribution >= 4 is 38.8 Å². The molecule has 0 saturated carbocycles. The summed E-state index contributed by atoms with van der Waals surface area (Å²) in [4.78, 5) is 36.8. The van der Waals surface area contributed by atoms with E-state index < -0.39 is 32.9 Å². The number of carbonyl (C=O) groups is 1. The van der Waals surface area contributed by atoms with Crippen LogP contribution >= 0.6 is 11.3 Å². The molecular weight excluding hydrogens is 391 g/mol. The van der Waals surface area contributed by atoms with Crippen molar-refractivity contribution in [1.29, 1.82) is 0 Å². The summed E-state index contributed by atoms with van der Waals surface area (Å²) in [5.41, 5.74) is -0.983. The largest absolute Gasteiger partial charge is 0.305 e. The fraction of sp³-hybridized carbons (Fsp3) is 0.0588. The van der Waals surface area contributed by atoms with E-state index in [2.05, 4.69) is 10.9 Å². The van der Waals surface area contributed by atoms with Crippen LogP contribution in [-0.2, 0) is 6.54 Å². The number of thiazole rings is 1. The van der Waals surface area contributed by atoms with Crippen LogP contribution in [0.15, 0.2) is 41.4 Å². The highest BCUT2D eigenvalue weighted by atomic mass is 32.1. The van der Waals surface area contributed by atoms with E-state index in [-0.39, 0.29) is 16.9 Å². The zero-order valence-electron chi connectivity index (χ0n) is 13.9. The molecule has 0 aliphatic rings. The van der Waals surface area contributed by atoms with Crippen LogP contribution < -0.4 is 4.80 Å². The Hall–Kier alpha value is -3.91. The molecule has 0 fully saturated rings. The molecule has 28 heavy (non-hydrogen) atoms. The van der Waals surface area contributed by atoms with Gasteiger partial charge >= 0.3 is 0 Å². The van der Waals surface area contributed by atoms with Gasteiger partial charge in [-0.15, -0.1) is 6.42 Å². The normalized spacial score (nSPS) is 11.4. The van der Waals surface area contributed by atoms with Crippen LogP contribution in [-0.4, -0.2) is 20.3 Å². The first-order valence-electron chi connectivity index (χ1n) is 7.55. The molecule has 1 amide bonds. The van der Waals surface area contributed by atoms with Crippen LogP contribution in [0.2, 0.25) is 0 Å². The fourth-order valence-corrected chi connectivity index (χ4v) is 3.51. The smallest absolute Gasteiger partial charge is 0.280 e. The maximum absolute atomic E-state index is 13.5. The van der Waals surface area contributed by atoms with Gasteiger partial charge in [-0.25, -0.2) is 4.39 Å². The lowest BCUT2D eigenvalue weighted by Gasteiger charge is -2.00. The van der Waals surface area contributed by atoms with Gasteiger partial charge in [0.15, 0.2) is 4.80 Å². The van der Waals surface area contributed by atoms with Crippen LogP contribution in [0, 0.1) is 38.4 Å². The number of carbonyl (C=O) groups excluding carboxylic acids is 1. The quantitative estimate of drug-likeness (QED) is 0.379. The third kappa shape index (κ3) is 3.62. The van der Waals surface area contributed by atoms with Gasteiger partial charge in [-0.05, 0) is 18.2 Å². The van der Waals surface area contributed by atoms with E-state index in [1.165, 1.54) is 22.8 Å². The molecule has 0 N–H and O–H groups in total. The predicted octanol–water partition coefficient (Wildman–Crippen LogP) is 3.03. The Kier molecular flexibility index (Phi) is 4.97. The van der Waals surface area contributed by atoms with Gasteiger partial charge in [-0.2, -0.15) is 4.99 Å². The van der Waals surface area contributed by atoms with Crippen molar-refractivity contribution in [2.24, 2.45) is 4.99 Å². The van der Waals surface area contributed by atoms with Crippen molar-refractivity contribution < 1.29 is 19.0 Å². The summed E-state index contributed by atoms with van der Waals surface area (Å²) in [7, 11) is 0. The number of hydrogen-bond donors (Lipinski definition) is 0. The molecule has 3 rings (SSSR count). The van der Waals surface area contributed by atoms with Crippen molar-refractivity contribution in [3.63, 3.8) is 0 Å². The molecule has 0 atom stereocenters. The minimum absolute atomic E-state index is 0.0484. The molecule has 2 aromatic carbocycles. The van der Waals surface area contributed by atoms with Gasteiger partial charge in [0.1, 0.15) is 5.82 Å². The number of terminal acetylenes is 1. The first-order chi connectivity index (χ1) is 13.3. The molecule has 140 valence electrons. The number of non-ortho nitro benzene ring substituents is 2. The molecule has 0 saturated heterocycles. The maximum Gasteiger partial charge on any atom is 0.280 e. The second-order valence-electron chi connectivity index (χ2n) is 5.46. The second-order valence-corrected chi connectivity index (χ2v) is 6.47. The Morgan fingerprint density at radius 2 is 1.82 bits per heavy atom. The molecule has 3 aromatic rings. The van der Waals surface area contributed by atoms with Crippen LogP contribution in [0.3, 0.4) is 0 Å². The Morgan fingerprint density at radius 1 is 1.18 bits per heavy atom. The van der Waals surface area contributed by atoms with E-state index in [1.807, 2.05) is 0 Å². The highest BCUT2D eigenvalue weighted by molar-refractivity contribution is 7.16. The van der Waals surface area contributed by atoms with Gasteiger partial charge in [0.05, 0.1) is 38.2 Å². The fourth-order valence-electron chi connectivity index (χ4n) is 2.46. The van der Waals surface area contributed by atoms with Crippen LogP contribution in [0.5, 0.6) is 0 Å².